The maximum Gasteiger partial charge on any atom is 0.247 e. The van der Waals surface area contributed by atoms with Crippen molar-refractivity contribution < 1.29 is 24.2 Å². The van der Waals surface area contributed by atoms with Crippen LogP contribution in [0.1, 0.15) is 66.2 Å². The minimum Gasteiger partial charge on any atom is -0.494 e. The number of hydrogen-bond acceptors (Lipinski definition) is 6. The van der Waals surface area contributed by atoms with Crippen LogP contribution in [0, 0.1) is 23.7 Å². The highest BCUT2D eigenvalue weighted by Crippen LogP contribution is 2.69. The van der Waals surface area contributed by atoms with E-state index in [0.717, 1.165) is 43.5 Å². The minimum absolute atomic E-state index is 0.0474. The molecule has 3 saturated heterocycles. The van der Waals surface area contributed by atoms with Gasteiger partial charge in [0.05, 0.1) is 35.8 Å². The van der Waals surface area contributed by atoms with Crippen LogP contribution in [0.25, 0.3) is 0 Å². The molecule has 246 valence electrons. The van der Waals surface area contributed by atoms with Gasteiger partial charge in [0, 0.05) is 30.1 Å². The van der Waals surface area contributed by atoms with Crippen molar-refractivity contribution in [3.63, 3.8) is 0 Å². The Kier molecular flexibility index (Phi) is 10.4. The molecule has 4 fully saturated rings. The van der Waals surface area contributed by atoms with Gasteiger partial charge in [-0.2, -0.15) is 0 Å². The SMILES string of the molecule is C=CCN(C(=O)[C@@H]1[C@@H]2CC(C)C3(S2)C(C(=O)N(CC=C)C2CCCCC2)N([C@@H](CO)C(C)C)C(=O)[C@H]13)c1ccc(OCC)cc1. The molecule has 3 amide bonds. The monoisotopic (exact) mass is 637 g/mol. The molecule has 0 radical (unpaired) electrons. The first-order chi connectivity index (χ1) is 21.7. The van der Waals surface area contributed by atoms with Gasteiger partial charge in [-0.1, -0.05) is 52.2 Å². The van der Waals surface area contributed by atoms with Crippen molar-refractivity contribution in [2.75, 3.05) is 31.2 Å². The predicted molar refractivity (Wildman–Crippen MR) is 180 cm³/mol. The van der Waals surface area contributed by atoms with E-state index in [1.165, 1.54) is 6.42 Å². The number of amides is 3. The summed E-state index contributed by atoms with van der Waals surface area (Å²) in [5, 5.41) is 10.6. The first-order valence-electron chi connectivity index (χ1n) is 16.8. The van der Waals surface area contributed by atoms with Crippen LogP contribution >= 0.6 is 11.8 Å². The van der Waals surface area contributed by atoms with E-state index in [1.54, 1.807) is 33.7 Å². The van der Waals surface area contributed by atoms with Gasteiger partial charge < -0.3 is 24.5 Å². The van der Waals surface area contributed by atoms with E-state index in [1.807, 2.05) is 49.9 Å². The van der Waals surface area contributed by atoms with E-state index in [2.05, 4.69) is 20.1 Å². The fourth-order valence-electron chi connectivity index (χ4n) is 8.63. The Labute approximate surface area is 273 Å². The molecule has 7 atom stereocenters. The number of likely N-dealkylation sites (tertiary alicyclic amines) is 1. The number of anilines is 1. The molecular weight excluding hydrogens is 586 g/mol. The number of ether oxygens (including phenoxy) is 1. The second-order valence-corrected chi connectivity index (χ2v) is 15.1. The third-order valence-corrected chi connectivity index (χ3v) is 12.8. The fraction of sp³-hybridized carbons (Fsp3) is 0.639. The summed E-state index contributed by atoms with van der Waals surface area (Å²) < 4.78 is 4.87. The maximum absolute atomic E-state index is 15.0. The molecule has 45 heavy (non-hydrogen) atoms. The molecule has 1 aromatic rings. The Balaban J connectivity index is 1.58. The molecule has 5 rings (SSSR count). The zero-order chi connectivity index (χ0) is 32.5. The molecule has 0 aromatic heterocycles. The summed E-state index contributed by atoms with van der Waals surface area (Å²) in [5.74, 6) is -0.878. The van der Waals surface area contributed by atoms with Crippen molar-refractivity contribution in [2.45, 2.75) is 94.3 Å². The van der Waals surface area contributed by atoms with Crippen LogP contribution in [-0.4, -0.2) is 87.1 Å². The van der Waals surface area contributed by atoms with Gasteiger partial charge in [0.1, 0.15) is 11.8 Å². The lowest BCUT2D eigenvalue weighted by Crippen LogP contribution is -2.61. The van der Waals surface area contributed by atoms with Crippen LogP contribution < -0.4 is 9.64 Å². The van der Waals surface area contributed by atoms with Crippen LogP contribution in [0.15, 0.2) is 49.6 Å². The van der Waals surface area contributed by atoms with Gasteiger partial charge >= 0.3 is 0 Å². The molecule has 4 aliphatic rings. The Morgan fingerprint density at radius 1 is 1.11 bits per heavy atom. The van der Waals surface area contributed by atoms with Gasteiger partial charge in [-0.25, -0.2) is 0 Å². The van der Waals surface area contributed by atoms with Crippen LogP contribution in [0.5, 0.6) is 5.75 Å². The quantitative estimate of drug-likeness (QED) is 0.295. The fourth-order valence-corrected chi connectivity index (χ4v) is 11.0. The summed E-state index contributed by atoms with van der Waals surface area (Å²) in [6.45, 7) is 17.0. The number of carbonyl (C=O) groups excluding carboxylic acids is 3. The Morgan fingerprint density at radius 3 is 2.36 bits per heavy atom. The van der Waals surface area contributed by atoms with Gasteiger partial charge in [0.2, 0.25) is 17.7 Å². The summed E-state index contributed by atoms with van der Waals surface area (Å²) >= 11 is 1.69. The number of aliphatic hydroxyl groups excluding tert-OH is 1. The summed E-state index contributed by atoms with van der Waals surface area (Å²) in [7, 11) is 0. The van der Waals surface area contributed by atoms with Crippen LogP contribution in [0.3, 0.4) is 0 Å². The van der Waals surface area contributed by atoms with E-state index in [9.17, 15) is 19.5 Å². The number of rotatable bonds is 13. The molecule has 3 unspecified atom stereocenters. The summed E-state index contributed by atoms with van der Waals surface area (Å²) in [4.78, 5) is 49.9. The summed E-state index contributed by atoms with van der Waals surface area (Å²) in [6.07, 6.45) is 9.45. The number of fused-ring (bicyclic) bond motifs is 1. The van der Waals surface area contributed by atoms with Crippen LogP contribution in [-0.2, 0) is 14.4 Å². The Bertz CT molecular complexity index is 1260. The van der Waals surface area contributed by atoms with E-state index >= 15 is 0 Å². The van der Waals surface area contributed by atoms with Crippen LogP contribution in [0.4, 0.5) is 5.69 Å². The second kappa shape index (κ2) is 13.9. The van der Waals surface area contributed by atoms with E-state index in [0.29, 0.717) is 19.7 Å². The molecule has 1 N–H and O–H groups in total. The van der Waals surface area contributed by atoms with Crippen LogP contribution in [0.2, 0.25) is 0 Å². The van der Waals surface area contributed by atoms with Crippen molar-refractivity contribution >= 4 is 35.2 Å². The highest BCUT2D eigenvalue weighted by Gasteiger charge is 2.77. The molecule has 1 aromatic carbocycles. The lowest BCUT2D eigenvalue weighted by atomic mass is 9.65. The molecule has 3 aliphatic heterocycles. The van der Waals surface area contributed by atoms with E-state index < -0.39 is 28.7 Å². The molecule has 1 aliphatic carbocycles. The zero-order valence-corrected chi connectivity index (χ0v) is 28.2. The van der Waals surface area contributed by atoms with Gasteiger partial charge in [-0.15, -0.1) is 24.9 Å². The van der Waals surface area contributed by atoms with E-state index in [4.69, 9.17) is 4.74 Å². The lowest BCUT2D eigenvalue weighted by Gasteiger charge is -2.45. The number of hydrogen-bond donors (Lipinski definition) is 1. The third kappa shape index (κ3) is 5.73. The number of benzene rings is 1. The Morgan fingerprint density at radius 2 is 1.78 bits per heavy atom. The second-order valence-electron chi connectivity index (χ2n) is 13.5. The predicted octanol–water partition coefficient (Wildman–Crippen LogP) is 5.31. The molecule has 1 saturated carbocycles. The number of aliphatic hydroxyl groups is 1. The summed E-state index contributed by atoms with van der Waals surface area (Å²) in [5.41, 5.74) is 0.720. The van der Waals surface area contributed by atoms with Crippen molar-refractivity contribution in [3.05, 3.63) is 49.6 Å². The topological polar surface area (TPSA) is 90.4 Å². The van der Waals surface area contributed by atoms with E-state index in [-0.39, 0.29) is 47.5 Å². The number of thioether (sulfide) groups is 1. The average Bonchev–Trinajstić information content (AvgIpc) is 3.63. The summed E-state index contributed by atoms with van der Waals surface area (Å²) in [6, 6.07) is 6.27. The highest BCUT2D eigenvalue weighted by molar-refractivity contribution is 8.02. The molecular formula is C36H51N3O5S. The third-order valence-electron chi connectivity index (χ3n) is 10.7. The molecule has 1 spiro atoms. The Hall–Kier alpha value is -2.78. The molecule has 2 bridgehead atoms. The van der Waals surface area contributed by atoms with Crippen molar-refractivity contribution in [1.82, 2.24) is 9.80 Å². The number of nitrogens with zero attached hydrogens (tertiary/aromatic N) is 3. The molecule has 9 heteroatoms. The first kappa shape index (κ1) is 33.6. The highest BCUT2D eigenvalue weighted by atomic mass is 32.2. The standard InChI is InChI=1S/C36H51N3O5S/c1-7-19-37(26-15-17-27(18-16-26)44-9-3)33(41)30-29-21-24(6)36(45-29)31(30)34(42)39(28(22-40)23(4)5)32(36)35(43)38(20-8-2)25-13-11-10-12-14-25/h7-8,15-18,23-25,28-32,40H,1-2,9-14,19-22H2,3-6H3/t24?,28-,29-,30+,31-,32?,36?/m0/s1. The largest absolute Gasteiger partial charge is 0.494 e. The lowest BCUT2D eigenvalue weighted by molar-refractivity contribution is -0.148. The molecule has 3 heterocycles. The zero-order valence-electron chi connectivity index (χ0n) is 27.4. The average molecular weight is 638 g/mol. The van der Waals surface area contributed by atoms with Crippen molar-refractivity contribution in [1.29, 1.82) is 0 Å². The normalized spacial score (nSPS) is 29.9. The van der Waals surface area contributed by atoms with Gasteiger partial charge in [-0.05, 0) is 62.3 Å². The smallest absolute Gasteiger partial charge is 0.247 e. The number of carbonyl (C=O) groups is 3. The maximum atomic E-state index is 15.0. The van der Waals surface area contributed by atoms with Crippen molar-refractivity contribution in [2.24, 2.45) is 23.7 Å². The van der Waals surface area contributed by atoms with Gasteiger partial charge in [-0.3, -0.25) is 14.4 Å². The van der Waals surface area contributed by atoms with Crippen molar-refractivity contribution in [3.8, 4) is 5.75 Å². The van der Waals surface area contributed by atoms with Gasteiger partial charge in [0.15, 0.2) is 0 Å². The minimum atomic E-state index is -0.756. The molecule has 8 nitrogen and oxygen atoms in total. The first-order valence-corrected chi connectivity index (χ1v) is 17.7. The van der Waals surface area contributed by atoms with Gasteiger partial charge in [0.25, 0.3) is 0 Å².